The van der Waals surface area contributed by atoms with Crippen LogP contribution in [0, 0.1) is 11.3 Å². The zero-order valence-electron chi connectivity index (χ0n) is 10.7. The van der Waals surface area contributed by atoms with Crippen molar-refractivity contribution in [1.29, 1.82) is 5.26 Å². The summed E-state index contributed by atoms with van der Waals surface area (Å²) in [6.45, 7) is 0. The number of benzene rings is 1. The largest absolute Gasteiger partial charge is 0.495 e. The van der Waals surface area contributed by atoms with Gasteiger partial charge in [0.25, 0.3) is 0 Å². The normalized spacial score (nSPS) is 10.7. The lowest BCUT2D eigenvalue weighted by molar-refractivity contribution is -0.113. The van der Waals surface area contributed by atoms with E-state index in [1.165, 1.54) is 13.2 Å². The van der Waals surface area contributed by atoms with Gasteiger partial charge in [-0.05, 0) is 18.2 Å². The Morgan fingerprint density at radius 1 is 1.50 bits per heavy atom. The summed E-state index contributed by atoms with van der Waals surface area (Å²) in [5.41, 5.74) is 0.292. The average Bonchev–Trinajstić information content (AvgIpc) is 2.36. The standard InChI is InChI=1S/C12H13ClN2O4S/c1-19-11-4-3-9(13)7-10(11)15-12(16)8-20(17,18)6-2-5-14/h3-4,7H,2,6,8H2,1H3,(H,15,16). The SMILES string of the molecule is COc1ccc(Cl)cc1NC(=O)CS(=O)(=O)CCC#N. The van der Waals surface area contributed by atoms with Gasteiger partial charge < -0.3 is 10.1 Å². The van der Waals surface area contributed by atoms with Crippen molar-refractivity contribution in [3.05, 3.63) is 23.2 Å². The molecule has 0 saturated heterocycles. The van der Waals surface area contributed by atoms with Gasteiger partial charge in [-0.2, -0.15) is 5.26 Å². The van der Waals surface area contributed by atoms with Gasteiger partial charge in [-0.25, -0.2) is 8.42 Å². The summed E-state index contributed by atoms with van der Waals surface area (Å²) >= 11 is 5.80. The number of carbonyl (C=O) groups is 1. The number of anilines is 1. The van der Waals surface area contributed by atoms with Crippen LogP contribution in [0.15, 0.2) is 18.2 Å². The van der Waals surface area contributed by atoms with E-state index in [0.717, 1.165) is 0 Å². The fourth-order valence-corrected chi connectivity index (χ4v) is 2.63. The Labute approximate surface area is 122 Å². The molecular formula is C12H13ClN2O4S. The van der Waals surface area contributed by atoms with Crippen molar-refractivity contribution < 1.29 is 17.9 Å². The Morgan fingerprint density at radius 3 is 2.80 bits per heavy atom. The van der Waals surface area contributed by atoms with Crippen LogP contribution >= 0.6 is 11.6 Å². The molecule has 0 heterocycles. The summed E-state index contributed by atoms with van der Waals surface area (Å²) in [5.74, 6) is -1.37. The number of hydrogen-bond acceptors (Lipinski definition) is 5. The summed E-state index contributed by atoms with van der Waals surface area (Å²) in [7, 11) is -2.18. The number of ether oxygens (including phenoxy) is 1. The van der Waals surface area contributed by atoms with Crippen LogP contribution in [-0.2, 0) is 14.6 Å². The van der Waals surface area contributed by atoms with Crippen molar-refractivity contribution in [3.63, 3.8) is 0 Å². The number of rotatable bonds is 6. The van der Waals surface area contributed by atoms with E-state index >= 15 is 0 Å². The molecule has 0 radical (unpaired) electrons. The molecule has 1 aromatic rings. The fraction of sp³-hybridized carbons (Fsp3) is 0.333. The lowest BCUT2D eigenvalue weighted by Crippen LogP contribution is -2.24. The van der Waals surface area contributed by atoms with Crippen LogP contribution in [-0.4, -0.2) is 32.9 Å². The van der Waals surface area contributed by atoms with Gasteiger partial charge in [-0.3, -0.25) is 4.79 Å². The van der Waals surface area contributed by atoms with E-state index in [1.807, 2.05) is 0 Å². The predicted octanol–water partition coefficient (Wildman–Crippen LogP) is 1.62. The molecule has 6 nitrogen and oxygen atoms in total. The minimum absolute atomic E-state index is 0.143. The molecule has 0 aromatic heterocycles. The third-order valence-corrected chi connectivity index (χ3v) is 4.07. The van der Waals surface area contributed by atoms with Crippen molar-refractivity contribution in [1.82, 2.24) is 0 Å². The van der Waals surface area contributed by atoms with Gasteiger partial charge >= 0.3 is 0 Å². The molecule has 108 valence electrons. The van der Waals surface area contributed by atoms with Crippen LogP contribution in [0.2, 0.25) is 5.02 Å². The maximum absolute atomic E-state index is 11.7. The van der Waals surface area contributed by atoms with Crippen molar-refractivity contribution in [2.24, 2.45) is 0 Å². The second-order valence-corrected chi connectivity index (χ2v) is 6.51. The van der Waals surface area contributed by atoms with Gasteiger partial charge in [-0.15, -0.1) is 0 Å². The molecule has 1 aromatic carbocycles. The van der Waals surface area contributed by atoms with E-state index in [1.54, 1.807) is 18.2 Å². The average molecular weight is 317 g/mol. The van der Waals surface area contributed by atoms with Crippen LogP contribution in [0.1, 0.15) is 6.42 Å². The summed E-state index contributed by atoms with van der Waals surface area (Å²) in [5, 5.41) is 11.2. The topological polar surface area (TPSA) is 96.3 Å². The molecule has 20 heavy (non-hydrogen) atoms. The maximum atomic E-state index is 11.7. The number of nitrogens with one attached hydrogen (secondary N) is 1. The molecule has 0 unspecified atom stereocenters. The third kappa shape index (κ3) is 5.07. The number of nitriles is 1. The number of methoxy groups -OCH3 is 1. The van der Waals surface area contributed by atoms with Gasteiger partial charge in [0, 0.05) is 11.4 Å². The Balaban J connectivity index is 2.77. The summed E-state index contributed by atoms with van der Waals surface area (Å²) in [6, 6.07) is 6.32. The van der Waals surface area contributed by atoms with E-state index in [4.69, 9.17) is 21.6 Å². The molecule has 0 atom stereocenters. The number of carbonyl (C=O) groups excluding carboxylic acids is 1. The molecule has 0 aliphatic carbocycles. The third-order valence-electron chi connectivity index (χ3n) is 2.31. The first-order valence-corrected chi connectivity index (χ1v) is 7.78. The smallest absolute Gasteiger partial charge is 0.239 e. The first kappa shape index (κ1) is 16.3. The molecule has 8 heteroatoms. The molecule has 0 aliphatic rings. The molecule has 0 spiro atoms. The van der Waals surface area contributed by atoms with Gasteiger partial charge in [0.05, 0.1) is 24.6 Å². The van der Waals surface area contributed by atoms with E-state index in [-0.39, 0.29) is 12.2 Å². The highest BCUT2D eigenvalue weighted by Gasteiger charge is 2.17. The van der Waals surface area contributed by atoms with Crippen LogP contribution < -0.4 is 10.1 Å². The number of amides is 1. The van der Waals surface area contributed by atoms with Gasteiger partial charge in [0.15, 0.2) is 9.84 Å². The molecular weight excluding hydrogens is 304 g/mol. The Morgan fingerprint density at radius 2 is 2.20 bits per heavy atom. The molecule has 0 fully saturated rings. The van der Waals surface area contributed by atoms with Gasteiger partial charge in [0.2, 0.25) is 5.91 Å². The number of hydrogen-bond donors (Lipinski definition) is 1. The minimum atomic E-state index is -3.60. The predicted molar refractivity (Wildman–Crippen MR) is 75.5 cm³/mol. The number of sulfone groups is 1. The van der Waals surface area contributed by atoms with Crippen molar-refractivity contribution in [2.75, 3.05) is 23.9 Å². The van der Waals surface area contributed by atoms with Crippen LogP contribution in [0.25, 0.3) is 0 Å². The van der Waals surface area contributed by atoms with Gasteiger partial charge in [0.1, 0.15) is 11.5 Å². The quantitative estimate of drug-likeness (QED) is 0.860. The molecule has 0 saturated carbocycles. The monoisotopic (exact) mass is 316 g/mol. The molecule has 1 amide bonds. The molecule has 0 bridgehead atoms. The molecule has 1 N–H and O–H groups in total. The summed E-state index contributed by atoms with van der Waals surface area (Å²) in [4.78, 5) is 11.7. The van der Waals surface area contributed by atoms with E-state index in [0.29, 0.717) is 16.5 Å². The molecule has 0 aliphatic heterocycles. The van der Waals surface area contributed by atoms with Crippen LogP contribution in [0.4, 0.5) is 5.69 Å². The van der Waals surface area contributed by atoms with Crippen LogP contribution in [0.3, 0.4) is 0 Å². The maximum Gasteiger partial charge on any atom is 0.239 e. The Kier molecular flexibility index (Phi) is 5.80. The fourth-order valence-electron chi connectivity index (χ4n) is 1.44. The second-order valence-electron chi connectivity index (χ2n) is 3.89. The van der Waals surface area contributed by atoms with E-state index in [2.05, 4.69) is 5.32 Å². The van der Waals surface area contributed by atoms with Crippen molar-refractivity contribution in [2.45, 2.75) is 6.42 Å². The summed E-state index contributed by atoms with van der Waals surface area (Å²) in [6.07, 6.45) is -0.143. The number of nitrogens with zero attached hydrogens (tertiary/aromatic N) is 1. The Bertz CT molecular complexity index is 637. The number of halogens is 1. The van der Waals surface area contributed by atoms with Crippen molar-refractivity contribution in [3.8, 4) is 11.8 Å². The van der Waals surface area contributed by atoms with Crippen LogP contribution in [0.5, 0.6) is 5.75 Å². The molecule has 1 rings (SSSR count). The second kappa shape index (κ2) is 7.12. The highest BCUT2D eigenvalue weighted by Crippen LogP contribution is 2.27. The summed E-state index contributed by atoms with van der Waals surface area (Å²) < 4.78 is 28.1. The highest BCUT2D eigenvalue weighted by atomic mass is 35.5. The van der Waals surface area contributed by atoms with Gasteiger partial charge in [-0.1, -0.05) is 11.6 Å². The zero-order valence-corrected chi connectivity index (χ0v) is 12.3. The first-order chi connectivity index (χ1) is 9.38. The van der Waals surface area contributed by atoms with Crippen molar-refractivity contribution >= 4 is 33.0 Å². The Hall–Kier alpha value is -1.78. The lowest BCUT2D eigenvalue weighted by atomic mass is 10.3. The van der Waals surface area contributed by atoms with E-state index in [9.17, 15) is 13.2 Å². The first-order valence-electron chi connectivity index (χ1n) is 5.58. The minimum Gasteiger partial charge on any atom is -0.495 e. The lowest BCUT2D eigenvalue weighted by Gasteiger charge is -2.10. The zero-order chi connectivity index (χ0) is 15.2. The van der Waals surface area contributed by atoms with E-state index < -0.39 is 21.5 Å². The highest BCUT2D eigenvalue weighted by molar-refractivity contribution is 7.92.